The predicted molar refractivity (Wildman–Crippen MR) is 78.3 cm³/mol. The first-order chi connectivity index (χ1) is 9.02. The Morgan fingerprint density at radius 2 is 2.26 bits per heavy atom. The van der Waals surface area contributed by atoms with Crippen LogP contribution in [0.25, 0.3) is 0 Å². The molecule has 6 heteroatoms. The largest absolute Gasteiger partial charge is 0.394 e. The summed E-state index contributed by atoms with van der Waals surface area (Å²) in [6, 6.07) is -0.0863. The number of nitrogens with zero attached hydrogens (tertiary/aromatic N) is 2. The van der Waals surface area contributed by atoms with Crippen LogP contribution in [0.3, 0.4) is 0 Å². The smallest absolute Gasteiger partial charge is 0.283 e. The molecule has 1 saturated carbocycles. The zero-order valence-corrected chi connectivity index (χ0v) is 12.9. The molecular formula is C13H20BrN3O2. The average molecular weight is 330 g/mol. The van der Waals surface area contributed by atoms with Gasteiger partial charge in [0.25, 0.3) is 5.56 Å². The quantitative estimate of drug-likeness (QED) is 0.835. The van der Waals surface area contributed by atoms with Gasteiger partial charge in [-0.15, -0.1) is 0 Å². The van der Waals surface area contributed by atoms with Crippen LogP contribution in [0.2, 0.25) is 0 Å². The molecule has 1 aliphatic rings. The summed E-state index contributed by atoms with van der Waals surface area (Å²) in [5, 5.41) is 16.7. The number of aromatic nitrogens is 2. The number of hydrogen-bond donors (Lipinski definition) is 2. The molecule has 2 rings (SSSR count). The summed E-state index contributed by atoms with van der Waals surface area (Å²) >= 11 is 3.33. The number of hydrogen-bond acceptors (Lipinski definition) is 4. The van der Waals surface area contributed by atoms with Gasteiger partial charge < -0.3 is 10.4 Å². The van der Waals surface area contributed by atoms with E-state index in [9.17, 15) is 9.90 Å². The molecule has 19 heavy (non-hydrogen) atoms. The summed E-state index contributed by atoms with van der Waals surface area (Å²) in [5.41, 5.74) is 0.530. The Balaban J connectivity index is 2.17. The first-order valence-electron chi connectivity index (χ1n) is 6.66. The highest BCUT2D eigenvalue weighted by molar-refractivity contribution is 9.10. The predicted octanol–water partition coefficient (Wildman–Crippen LogP) is 1.84. The molecule has 1 aliphatic carbocycles. The van der Waals surface area contributed by atoms with E-state index in [2.05, 4.69) is 26.3 Å². The molecule has 5 nitrogen and oxygen atoms in total. The van der Waals surface area contributed by atoms with Crippen LogP contribution in [-0.2, 0) is 6.54 Å². The number of anilines is 1. The van der Waals surface area contributed by atoms with E-state index >= 15 is 0 Å². The minimum Gasteiger partial charge on any atom is -0.394 e. The third-order valence-electron chi connectivity index (χ3n) is 3.46. The van der Waals surface area contributed by atoms with Crippen molar-refractivity contribution in [3.63, 3.8) is 0 Å². The van der Waals surface area contributed by atoms with Gasteiger partial charge in [-0.25, -0.2) is 4.68 Å². The average Bonchev–Trinajstić information content (AvgIpc) is 3.18. The molecule has 0 unspecified atom stereocenters. The lowest BCUT2D eigenvalue weighted by Crippen LogP contribution is -2.32. The molecule has 0 spiro atoms. The summed E-state index contributed by atoms with van der Waals surface area (Å²) in [6.45, 7) is 4.76. The van der Waals surface area contributed by atoms with E-state index in [-0.39, 0.29) is 24.1 Å². The van der Waals surface area contributed by atoms with E-state index in [0.29, 0.717) is 22.6 Å². The first kappa shape index (κ1) is 14.5. The van der Waals surface area contributed by atoms with E-state index in [4.69, 9.17) is 0 Å². The highest BCUT2D eigenvalue weighted by Gasteiger charge is 2.23. The number of nitrogens with one attached hydrogen (secondary N) is 1. The lowest BCUT2D eigenvalue weighted by molar-refractivity contribution is 0.249. The number of rotatable bonds is 6. The van der Waals surface area contributed by atoms with Crippen molar-refractivity contribution in [1.82, 2.24) is 9.78 Å². The number of aliphatic hydroxyl groups excluding tert-OH is 1. The molecule has 106 valence electrons. The van der Waals surface area contributed by atoms with Crippen LogP contribution < -0.4 is 10.9 Å². The Labute approximate surface area is 121 Å². The third kappa shape index (κ3) is 3.57. The van der Waals surface area contributed by atoms with Crippen molar-refractivity contribution in [2.24, 2.45) is 11.8 Å². The Kier molecular flexibility index (Phi) is 4.62. The van der Waals surface area contributed by atoms with Gasteiger partial charge in [0.2, 0.25) is 0 Å². The molecule has 1 fully saturated rings. The maximum Gasteiger partial charge on any atom is 0.283 e. The fourth-order valence-corrected chi connectivity index (χ4v) is 2.29. The maximum absolute atomic E-state index is 12.1. The minimum absolute atomic E-state index is 0.0231. The van der Waals surface area contributed by atoms with Gasteiger partial charge in [-0.2, -0.15) is 5.10 Å². The summed E-state index contributed by atoms with van der Waals surface area (Å²) in [4.78, 5) is 12.1. The van der Waals surface area contributed by atoms with Gasteiger partial charge in [-0.1, -0.05) is 13.8 Å². The van der Waals surface area contributed by atoms with E-state index in [1.165, 1.54) is 17.5 Å². The Morgan fingerprint density at radius 3 is 2.79 bits per heavy atom. The Bertz CT molecular complexity index is 497. The zero-order valence-electron chi connectivity index (χ0n) is 11.3. The van der Waals surface area contributed by atoms with Gasteiger partial charge in [0.1, 0.15) is 4.47 Å². The van der Waals surface area contributed by atoms with E-state index < -0.39 is 0 Å². The van der Waals surface area contributed by atoms with Crippen molar-refractivity contribution in [2.75, 3.05) is 11.9 Å². The Morgan fingerprint density at radius 1 is 1.58 bits per heavy atom. The molecule has 1 aromatic heterocycles. The second kappa shape index (κ2) is 6.05. The van der Waals surface area contributed by atoms with Gasteiger partial charge in [-0.05, 0) is 40.6 Å². The standard InChI is InChI=1S/C13H20BrN3O2/c1-8(2)11(7-18)16-10-5-15-17(6-9-3-4-9)13(19)12(10)14/h5,8-9,11,16,18H,3-4,6-7H2,1-2H3/t11-/m1/s1. The van der Waals surface area contributed by atoms with Crippen LogP contribution in [0.5, 0.6) is 0 Å². The number of halogens is 1. The van der Waals surface area contributed by atoms with Crippen molar-refractivity contribution in [1.29, 1.82) is 0 Å². The van der Waals surface area contributed by atoms with E-state index in [0.717, 1.165) is 0 Å². The van der Waals surface area contributed by atoms with Gasteiger partial charge in [0.15, 0.2) is 0 Å². The van der Waals surface area contributed by atoms with Gasteiger partial charge in [-0.3, -0.25) is 4.79 Å². The fraction of sp³-hybridized carbons (Fsp3) is 0.692. The molecule has 1 aromatic rings. The molecule has 0 bridgehead atoms. The topological polar surface area (TPSA) is 67.2 Å². The molecule has 1 heterocycles. The van der Waals surface area contributed by atoms with Crippen molar-refractivity contribution in [2.45, 2.75) is 39.3 Å². The number of aliphatic hydroxyl groups is 1. The van der Waals surface area contributed by atoms with E-state index in [1.54, 1.807) is 6.20 Å². The third-order valence-corrected chi connectivity index (χ3v) is 4.22. The molecule has 0 aliphatic heterocycles. The van der Waals surface area contributed by atoms with Crippen LogP contribution in [0, 0.1) is 11.8 Å². The van der Waals surface area contributed by atoms with Crippen LogP contribution >= 0.6 is 15.9 Å². The molecule has 0 amide bonds. The zero-order chi connectivity index (χ0) is 14.0. The lowest BCUT2D eigenvalue weighted by Gasteiger charge is -2.21. The van der Waals surface area contributed by atoms with Crippen LogP contribution in [-0.4, -0.2) is 27.5 Å². The Hall–Kier alpha value is -0.880. The monoisotopic (exact) mass is 329 g/mol. The summed E-state index contributed by atoms with van der Waals surface area (Å²) < 4.78 is 2.00. The summed E-state index contributed by atoms with van der Waals surface area (Å²) in [7, 11) is 0. The molecule has 0 saturated heterocycles. The van der Waals surface area contributed by atoms with Crippen LogP contribution in [0.1, 0.15) is 26.7 Å². The van der Waals surface area contributed by atoms with Crippen molar-refractivity contribution in [3.8, 4) is 0 Å². The molecule has 0 aromatic carbocycles. The molecule has 1 atom stereocenters. The van der Waals surface area contributed by atoms with E-state index in [1.807, 2.05) is 13.8 Å². The molecular weight excluding hydrogens is 310 g/mol. The highest BCUT2D eigenvalue weighted by Crippen LogP contribution is 2.30. The SMILES string of the molecule is CC(C)[C@@H](CO)Nc1cnn(CC2CC2)c(=O)c1Br. The van der Waals surface area contributed by atoms with Gasteiger partial charge in [0, 0.05) is 6.54 Å². The van der Waals surface area contributed by atoms with Gasteiger partial charge in [0.05, 0.1) is 24.5 Å². The molecule has 2 N–H and O–H groups in total. The lowest BCUT2D eigenvalue weighted by atomic mass is 10.1. The first-order valence-corrected chi connectivity index (χ1v) is 7.45. The highest BCUT2D eigenvalue weighted by atomic mass is 79.9. The fourth-order valence-electron chi connectivity index (χ4n) is 1.86. The maximum atomic E-state index is 12.1. The second-order valence-electron chi connectivity index (χ2n) is 5.48. The van der Waals surface area contributed by atoms with Gasteiger partial charge >= 0.3 is 0 Å². The van der Waals surface area contributed by atoms with Crippen molar-refractivity contribution in [3.05, 3.63) is 21.0 Å². The summed E-state index contributed by atoms with van der Waals surface area (Å²) in [6.07, 6.45) is 4.02. The van der Waals surface area contributed by atoms with Crippen molar-refractivity contribution < 1.29 is 5.11 Å². The van der Waals surface area contributed by atoms with Crippen molar-refractivity contribution >= 4 is 21.6 Å². The summed E-state index contributed by atoms with van der Waals surface area (Å²) in [5.74, 6) is 0.877. The second-order valence-corrected chi connectivity index (χ2v) is 6.27. The normalized spacial score (nSPS) is 16.7. The van der Waals surface area contributed by atoms with Crippen LogP contribution in [0.4, 0.5) is 5.69 Å². The minimum atomic E-state index is -0.114. The molecule has 0 radical (unpaired) electrons. The van der Waals surface area contributed by atoms with Crippen LogP contribution in [0.15, 0.2) is 15.5 Å².